The maximum absolute atomic E-state index is 6.17. The van der Waals surface area contributed by atoms with E-state index in [-0.39, 0.29) is 5.54 Å². The molecule has 1 saturated carbocycles. The Hall–Kier alpha value is -0.740. The molecule has 0 aromatic heterocycles. The molecule has 0 aliphatic heterocycles. The van der Waals surface area contributed by atoms with Gasteiger partial charge in [0.1, 0.15) is 0 Å². The third-order valence-electron chi connectivity index (χ3n) is 2.80. The van der Waals surface area contributed by atoms with Crippen LogP contribution in [0.4, 0.5) is 0 Å². The number of hydrogen-bond donors (Lipinski definition) is 1. The first-order chi connectivity index (χ1) is 7.12. The Morgan fingerprint density at radius 2 is 1.80 bits per heavy atom. The summed E-state index contributed by atoms with van der Waals surface area (Å²) in [5.41, 5.74) is 6.99. The number of benzene rings is 1. The molecular formula is C11H14BrNO2. The average Bonchev–Trinajstić information content (AvgIpc) is 2.96. The van der Waals surface area contributed by atoms with Crippen LogP contribution in [0.25, 0.3) is 0 Å². The standard InChI is InChI=1S/C11H14BrNO2/c1-14-9-7(11(13)5-6-11)3-4-8(12)10(9)15-2/h3-4H,5-6,13H2,1-2H3. The largest absolute Gasteiger partial charge is 0.492 e. The van der Waals surface area contributed by atoms with E-state index in [1.54, 1.807) is 14.2 Å². The molecule has 15 heavy (non-hydrogen) atoms. The normalized spacial score (nSPS) is 17.3. The molecule has 82 valence electrons. The number of methoxy groups -OCH3 is 2. The van der Waals surface area contributed by atoms with Gasteiger partial charge in [-0.3, -0.25) is 0 Å². The molecule has 1 aliphatic rings. The highest BCUT2D eigenvalue weighted by atomic mass is 79.9. The van der Waals surface area contributed by atoms with Crippen LogP contribution in [0.3, 0.4) is 0 Å². The molecule has 1 aromatic rings. The van der Waals surface area contributed by atoms with Crippen molar-refractivity contribution in [2.24, 2.45) is 5.73 Å². The van der Waals surface area contributed by atoms with Gasteiger partial charge in [0.05, 0.1) is 18.7 Å². The molecule has 0 saturated heterocycles. The fourth-order valence-corrected chi connectivity index (χ4v) is 2.20. The number of ether oxygens (including phenoxy) is 2. The molecule has 0 unspecified atom stereocenters. The van der Waals surface area contributed by atoms with Gasteiger partial charge in [-0.15, -0.1) is 0 Å². The quantitative estimate of drug-likeness (QED) is 0.919. The summed E-state index contributed by atoms with van der Waals surface area (Å²) in [6, 6.07) is 3.95. The van der Waals surface area contributed by atoms with Gasteiger partial charge in [-0.2, -0.15) is 0 Å². The smallest absolute Gasteiger partial charge is 0.175 e. The fraction of sp³-hybridized carbons (Fsp3) is 0.455. The predicted octanol–water partition coefficient (Wildman–Crippen LogP) is 2.41. The molecule has 1 fully saturated rings. The minimum atomic E-state index is -0.209. The number of nitrogens with two attached hydrogens (primary N) is 1. The lowest BCUT2D eigenvalue weighted by Gasteiger charge is -2.17. The molecule has 2 rings (SSSR count). The van der Waals surface area contributed by atoms with Crippen molar-refractivity contribution in [2.75, 3.05) is 14.2 Å². The maximum Gasteiger partial charge on any atom is 0.175 e. The first-order valence-corrected chi connectivity index (χ1v) is 5.61. The Balaban J connectivity index is 2.55. The lowest BCUT2D eigenvalue weighted by atomic mass is 10.0. The van der Waals surface area contributed by atoms with Crippen molar-refractivity contribution in [1.29, 1.82) is 0 Å². The summed E-state index contributed by atoms with van der Waals surface area (Å²) in [6.45, 7) is 0. The highest BCUT2D eigenvalue weighted by Crippen LogP contribution is 2.50. The van der Waals surface area contributed by atoms with Crippen LogP contribution in [-0.4, -0.2) is 14.2 Å². The zero-order valence-electron chi connectivity index (χ0n) is 8.84. The van der Waals surface area contributed by atoms with Crippen LogP contribution in [-0.2, 0) is 5.54 Å². The van der Waals surface area contributed by atoms with Crippen molar-refractivity contribution in [2.45, 2.75) is 18.4 Å². The van der Waals surface area contributed by atoms with E-state index in [4.69, 9.17) is 15.2 Å². The maximum atomic E-state index is 6.17. The summed E-state index contributed by atoms with van der Waals surface area (Å²) in [4.78, 5) is 0. The van der Waals surface area contributed by atoms with Crippen LogP contribution in [0.5, 0.6) is 11.5 Å². The van der Waals surface area contributed by atoms with E-state index in [1.807, 2.05) is 12.1 Å². The second-order valence-electron chi connectivity index (χ2n) is 3.82. The molecule has 0 atom stereocenters. The van der Waals surface area contributed by atoms with E-state index >= 15 is 0 Å². The van der Waals surface area contributed by atoms with Crippen LogP contribution < -0.4 is 15.2 Å². The Morgan fingerprint density at radius 1 is 1.20 bits per heavy atom. The highest BCUT2D eigenvalue weighted by molar-refractivity contribution is 9.10. The lowest BCUT2D eigenvalue weighted by Crippen LogP contribution is -2.19. The molecule has 0 radical (unpaired) electrons. The SMILES string of the molecule is COc1c(Br)ccc(C2(N)CC2)c1OC. The van der Waals surface area contributed by atoms with E-state index in [2.05, 4.69) is 15.9 Å². The Labute approximate surface area is 97.7 Å². The average molecular weight is 272 g/mol. The van der Waals surface area contributed by atoms with E-state index in [9.17, 15) is 0 Å². The summed E-state index contributed by atoms with van der Waals surface area (Å²) >= 11 is 3.42. The lowest BCUT2D eigenvalue weighted by molar-refractivity contribution is 0.347. The van der Waals surface area contributed by atoms with Gasteiger partial charge in [0.25, 0.3) is 0 Å². The summed E-state index contributed by atoms with van der Waals surface area (Å²) in [7, 11) is 3.27. The third kappa shape index (κ3) is 1.72. The molecule has 0 spiro atoms. The molecule has 2 N–H and O–H groups in total. The number of rotatable bonds is 3. The summed E-state index contributed by atoms with van der Waals surface area (Å²) in [6.07, 6.45) is 2.02. The van der Waals surface area contributed by atoms with Gasteiger partial charge >= 0.3 is 0 Å². The predicted molar refractivity (Wildman–Crippen MR) is 62.3 cm³/mol. The van der Waals surface area contributed by atoms with E-state index < -0.39 is 0 Å². The van der Waals surface area contributed by atoms with Gasteiger partial charge in [0, 0.05) is 11.1 Å². The minimum absolute atomic E-state index is 0.209. The van der Waals surface area contributed by atoms with E-state index in [0.717, 1.165) is 28.6 Å². The van der Waals surface area contributed by atoms with Gasteiger partial charge in [-0.05, 0) is 34.8 Å². The minimum Gasteiger partial charge on any atom is -0.492 e. The highest BCUT2D eigenvalue weighted by Gasteiger charge is 2.43. The van der Waals surface area contributed by atoms with Crippen molar-refractivity contribution in [3.63, 3.8) is 0 Å². The van der Waals surface area contributed by atoms with Gasteiger partial charge in [0.2, 0.25) is 0 Å². The summed E-state index contributed by atoms with van der Waals surface area (Å²) < 4.78 is 11.6. The first-order valence-electron chi connectivity index (χ1n) is 4.82. The molecule has 4 heteroatoms. The first kappa shape index (κ1) is 10.8. The molecule has 3 nitrogen and oxygen atoms in total. The van der Waals surface area contributed by atoms with Gasteiger partial charge < -0.3 is 15.2 Å². The second-order valence-corrected chi connectivity index (χ2v) is 4.67. The van der Waals surface area contributed by atoms with Gasteiger partial charge in [-0.1, -0.05) is 6.07 Å². The van der Waals surface area contributed by atoms with Gasteiger partial charge in [0.15, 0.2) is 11.5 Å². The fourth-order valence-electron chi connectivity index (χ4n) is 1.73. The van der Waals surface area contributed by atoms with Crippen LogP contribution in [0, 0.1) is 0 Å². The Morgan fingerprint density at radius 3 is 2.27 bits per heavy atom. The molecule has 1 aromatic carbocycles. The van der Waals surface area contributed by atoms with Crippen LogP contribution in [0.15, 0.2) is 16.6 Å². The van der Waals surface area contributed by atoms with Crippen molar-refractivity contribution in [3.05, 3.63) is 22.2 Å². The van der Waals surface area contributed by atoms with E-state index in [0.29, 0.717) is 5.75 Å². The Bertz CT molecular complexity index is 388. The molecule has 0 bridgehead atoms. The molecule has 0 heterocycles. The monoisotopic (exact) mass is 271 g/mol. The summed E-state index contributed by atoms with van der Waals surface area (Å²) in [5.74, 6) is 1.46. The summed E-state index contributed by atoms with van der Waals surface area (Å²) in [5, 5.41) is 0. The number of halogens is 1. The zero-order chi connectivity index (χ0) is 11.1. The second kappa shape index (κ2) is 3.68. The van der Waals surface area contributed by atoms with E-state index in [1.165, 1.54) is 0 Å². The number of hydrogen-bond acceptors (Lipinski definition) is 3. The van der Waals surface area contributed by atoms with Crippen LogP contribution in [0.2, 0.25) is 0 Å². The zero-order valence-corrected chi connectivity index (χ0v) is 10.4. The van der Waals surface area contributed by atoms with Crippen LogP contribution >= 0.6 is 15.9 Å². The van der Waals surface area contributed by atoms with Crippen molar-refractivity contribution < 1.29 is 9.47 Å². The van der Waals surface area contributed by atoms with Crippen molar-refractivity contribution in [3.8, 4) is 11.5 Å². The van der Waals surface area contributed by atoms with Gasteiger partial charge in [-0.25, -0.2) is 0 Å². The van der Waals surface area contributed by atoms with Crippen molar-refractivity contribution >= 4 is 15.9 Å². The topological polar surface area (TPSA) is 44.5 Å². The van der Waals surface area contributed by atoms with Crippen molar-refractivity contribution in [1.82, 2.24) is 0 Å². The Kier molecular flexibility index (Phi) is 2.64. The third-order valence-corrected chi connectivity index (χ3v) is 3.42. The molecular weight excluding hydrogens is 258 g/mol. The molecule has 1 aliphatic carbocycles. The van der Waals surface area contributed by atoms with Crippen LogP contribution in [0.1, 0.15) is 18.4 Å². The molecule has 0 amide bonds.